The predicted octanol–water partition coefficient (Wildman–Crippen LogP) is 2.95. The number of likely N-dealkylation sites (tertiary alicyclic amines) is 1. The van der Waals surface area contributed by atoms with Gasteiger partial charge in [0.25, 0.3) is 0 Å². The van der Waals surface area contributed by atoms with Gasteiger partial charge in [-0.2, -0.15) is 0 Å². The van der Waals surface area contributed by atoms with Crippen molar-refractivity contribution in [1.29, 1.82) is 0 Å². The van der Waals surface area contributed by atoms with Gasteiger partial charge >= 0.3 is 6.03 Å². The minimum absolute atomic E-state index is 0.00361. The molecule has 0 unspecified atom stereocenters. The molecule has 1 saturated heterocycles. The minimum atomic E-state index is -0.204. The molecular formula is C18H22N4O3. The van der Waals surface area contributed by atoms with Crippen LogP contribution in [0.5, 0.6) is 11.5 Å². The van der Waals surface area contributed by atoms with Crippen LogP contribution in [0.2, 0.25) is 0 Å². The molecule has 7 nitrogen and oxygen atoms in total. The Labute approximate surface area is 147 Å². The number of hydrogen-bond donors (Lipinski definition) is 1. The molecule has 25 heavy (non-hydrogen) atoms. The molecule has 132 valence electrons. The first-order valence-corrected chi connectivity index (χ1v) is 8.36. The lowest BCUT2D eigenvalue weighted by atomic mass is 10.3. The number of hydrogen-bond acceptors (Lipinski definition) is 5. The maximum atomic E-state index is 12.5. The highest BCUT2D eigenvalue weighted by atomic mass is 16.5. The van der Waals surface area contributed by atoms with E-state index in [0.29, 0.717) is 30.4 Å². The first kappa shape index (κ1) is 17.0. The van der Waals surface area contributed by atoms with Gasteiger partial charge in [-0.15, -0.1) is 0 Å². The molecule has 1 fully saturated rings. The summed E-state index contributed by atoms with van der Waals surface area (Å²) in [6, 6.07) is 7.05. The molecule has 0 bridgehead atoms. The Morgan fingerprint density at radius 3 is 2.92 bits per heavy atom. The Hall–Kier alpha value is -2.83. The second kappa shape index (κ2) is 7.83. The van der Waals surface area contributed by atoms with E-state index < -0.39 is 0 Å². The fraction of sp³-hybridized carbons (Fsp3) is 0.389. The Balaban J connectivity index is 1.58. The van der Waals surface area contributed by atoms with E-state index in [2.05, 4.69) is 15.3 Å². The van der Waals surface area contributed by atoms with E-state index in [4.69, 9.17) is 9.47 Å². The number of nitrogens with zero attached hydrogens (tertiary/aromatic N) is 3. The van der Waals surface area contributed by atoms with Crippen LogP contribution < -0.4 is 14.8 Å². The monoisotopic (exact) mass is 342 g/mol. The lowest BCUT2D eigenvalue weighted by Gasteiger charge is -2.19. The normalized spacial score (nSPS) is 16.8. The second-order valence-corrected chi connectivity index (χ2v) is 6.11. The van der Waals surface area contributed by atoms with Crippen LogP contribution in [0.3, 0.4) is 0 Å². The summed E-state index contributed by atoms with van der Waals surface area (Å²) in [6.45, 7) is 5.01. The molecule has 1 aliphatic heterocycles. The van der Waals surface area contributed by atoms with Crippen LogP contribution in [0, 0.1) is 0 Å². The molecule has 0 spiro atoms. The second-order valence-electron chi connectivity index (χ2n) is 6.11. The lowest BCUT2D eigenvalue weighted by molar-refractivity contribution is 0.194. The summed E-state index contributed by atoms with van der Waals surface area (Å²) in [4.78, 5) is 22.5. The van der Waals surface area contributed by atoms with Gasteiger partial charge in [0.1, 0.15) is 11.9 Å². The van der Waals surface area contributed by atoms with Crippen molar-refractivity contribution in [1.82, 2.24) is 14.9 Å². The van der Waals surface area contributed by atoms with E-state index in [0.717, 1.165) is 6.42 Å². The highest BCUT2D eigenvalue weighted by Gasteiger charge is 2.28. The summed E-state index contributed by atoms with van der Waals surface area (Å²) in [7, 11) is 0. The molecule has 2 aromatic heterocycles. The SMILES string of the molecule is CC(C)Oc1cccnc1NC(=O)N1CC[C@H](Oc2cccnc2)C1. The van der Waals surface area contributed by atoms with Gasteiger partial charge in [0.2, 0.25) is 0 Å². The molecule has 1 N–H and O–H groups in total. The largest absolute Gasteiger partial charge is 0.487 e. The maximum absolute atomic E-state index is 12.5. The van der Waals surface area contributed by atoms with Gasteiger partial charge in [-0.1, -0.05) is 0 Å². The zero-order chi connectivity index (χ0) is 17.6. The molecule has 2 amide bonds. The smallest absolute Gasteiger partial charge is 0.323 e. The van der Waals surface area contributed by atoms with Crippen molar-refractivity contribution in [2.75, 3.05) is 18.4 Å². The molecule has 3 heterocycles. The van der Waals surface area contributed by atoms with Crippen LogP contribution in [0.1, 0.15) is 20.3 Å². The van der Waals surface area contributed by atoms with E-state index in [-0.39, 0.29) is 18.2 Å². The van der Waals surface area contributed by atoms with E-state index >= 15 is 0 Å². The van der Waals surface area contributed by atoms with Crippen LogP contribution in [0.4, 0.5) is 10.6 Å². The predicted molar refractivity (Wildman–Crippen MR) is 93.9 cm³/mol. The van der Waals surface area contributed by atoms with Crippen molar-refractivity contribution < 1.29 is 14.3 Å². The number of anilines is 1. The molecule has 0 radical (unpaired) electrons. The van der Waals surface area contributed by atoms with Crippen LogP contribution >= 0.6 is 0 Å². The summed E-state index contributed by atoms with van der Waals surface area (Å²) in [5, 5.41) is 2.83. The molecule has 7 heteroatoms. The Morgan fingerprint density at radius 1 is 1.32 bits per heavy atom. The number of ether oxygens (including phenoxy) is 2. The highest BCUT2D eigenvalue weighted by molar-refractivity contribution is 5.89. The third-order valence-corrected chi connectivity index (χ3v) is 3.73. The maximum Gasteiger partial charge on any atom is 0.323 e. The van der Waals surface area contributed by atoms with Crippen molar-refractivity contribution in [3.63, 3.8) is 0 Å². The van der Waals surface area contributed by atoms with Crippen LogP contribution in [-0.4, -0.2) is 46.2 Å². The third kappa shape index (κ3) is 4.59. The summed E-state index contributed by atoms with van der Waals surface area (Å²) in [6.07, 6.45) is 5.74. The summed E-state index contributed by atoms with van der Waals surface area (Å²) in [5.41, 5.74) is 0. The van der Waals surface area contributed by atoms with Gasteiger partial charge in [0.05, 0.1) is 18.8 Å². The van der Waals surface area contributed by atoms with Crippen LogP contribution in [0.15, 0.2) is 42.9 Å². The topological polar surface area (TPSA) is 76.6 Å². The number of aromatic nitrogens is 2. The van der Waals surface area contributed by atoms with Crippen molar-refractivity contribution in [2.45, 2.75) is 32.5 Å². The van der Waals surface area contributed by atoms with Crippen molar-refractivity contribution in [3.8, 4) is 11.5 Å². The highest BCUT2D eigenvalue weighted by Crippen LogP contribution is 2.23. The lowest BCUT2D eigenvalue weighted by Crippen LogP contribution is -2.35. The fourth-order valence-corrected chi connectivity index (χ4v) is 2.63. The molecule has 1 aliphatic rings. The number of pyridine rings is 2. The van der Waals surface area contributed by atoms with Crippen molar-refractivity contribution in [2.24, 2.45) is 0 Å². The molecule has 0 saturated carbocycles. The van der Waals surface area contributed by atoms with Gasteiger partial charge in [-0.25, -0.2) is 9.78 Å². The summed E-state index contributed by atoms with van der Waals surface area (Å²) >= 11 is 0. The quantitative estimate of drug-likeness (QED) is 0.904. The number of carbonyl (C=O) groups is 1. The molecule has 0 aliphatic carbocycles. The van der Waals surface area contributed by atoms with Crippen LogP contribution in [-0.2, 0) is 0 Å². The minimum Gasteiger partial charge on any atom is -0.487 e. The summed E-state index contributed by atoms with van der Waals surface area (Å²) < 4.78 is 11.5. The van der Waals surface area contributed by atoms with Gasteiger partial charge in [-0.05, 0) is 38.1 Å². The first-order chi connectivity index (χ1) is 12.1. The van der Waals surface area contributed by atoms with Gasteiger partial charge in [0, 0.05) is 25.4 Å². The first-order valence-electron chi connectivity index (χ1n) is 8.36. The fourth-order valence-electron chi connectivity index (χ4n) is 2.63. The zero-order valence-electron chi connectivity index (χ0n) is 14.4. The standard InChI is InChI=1S/C18H22N4O3/c1-13(2)24-16-6-4-9-20-17(16)21-18(23)22-10-7-15(12-22)25-14-5-3-8-19-11-14/h3-6,8-9,11,13,15H,7,10,12H2,1-2H3,(H,20,21,23)/t15-/m0/s1. The zero-order valence-corrected chi connectivity index (χ0v) is 14.4. The van der Waals surface area contributed by atoms with Gasteiger partial charge in [0.15, 0.2) is 11.6 Å². The number of amides is 2. The van der Waals surface area contributed by atoms with E-state index in [1.807, 2.05) is 26.0 Å². The number of carbonyl (C=O) groups excluding carboxylic acids is 1. The summed E-state index contributed by atoms with van der Waals surface area (Å²) in [5.74, 6) is 1.71. The van der Waals surface area contributed by atoms with Gasteiger partial charge < -0.3 is 14.4 Å². The molecule has 2 aromatic rings. The average Bonchev–Trinajstić information content (AvgIpc) is 3.06. The van der Waals surface area contributed by atoms with Crippen molar-refractivity contribution >= 4 is 11.8 Å². The van der Waals surface area contributed by atoms with E-state index in [9.17, 15) is 4.79 Å². The average molecular weight is 342 g/mol. The van der Waals surface area contributed by atoms with E-state index in [1.165, 1.54) is 0 Å². The van der Waals surface area contributed by atoms with E-state index in [1.54, 1.807) is 35.6 Å². The van der Waals surface area contributed by atoms with Crippen LogP contribution in [0.25, 0.3) is 0 Å². The Kier molecular flexibility index (Phi) is 5.33. The number of urea groups is 1. The Morgan fingerprint density at radius 2 is 2.16 bits per heavy atom. The molecule has 3 rings (SSSR count). The number of rotatable bonds is 5. The van der Waals surface area contributed by atoms with Gasteiger partial charge in [-0.3, -0.25) is 10.3 Å². The molecule has 1 atom stereocenters. The molecule has 0 aromatic carbocycles. The number of nitrogens with one attached hydrogen (secondary N) is 1. The Bertz CT molecular complexity index is 708. The van der Waals surface area contributed by atoms with Crippen molar-refractivity contribution in [3.05, 3.63) is 42.9 Å². The third-order valence-electron chi connectivity index (χ3n) is 3.73. The molecular weight excluding hydrogens is 320 g/mol.